The van der Waals surface area contributed by atoms with Crippen molar-refractivity contribution in [3.05, 3.63) is 34.9 Å². The van der Waals surface area contributed by atoms with Crippen LogP contribution in [0.4, 0.5) is 0 Å². The van der Waals surface area contributed by atoms with Gasteiger partial charge in [0.25, 0.3) is 0 Å². The molecule has 0 amide bonds. The minimum absolute atomic E-state index is 0.205. The first kappa shape index (κ1) is 12.3. The lowest BCUT2D eigenvalue weighted by molar-refractivity contribution is 0.0944. The number of nitrogens with two attached hydrogens (primary N) is 1. The molecular weight excluding hydrogens is 212 g/mol. The Balaban J connectivity index is 2.04. The number of rotatable bonds is 3. The van der Waals surface area contributed by atoms with Gasteiger partial charge in [-0.15, -0.1) is 0 Å². The molecule has 0 unspecified atom stereocenters. The number of ketones is 1. The van der Waals surface area contributed by atoms with Crippen LogP contribution in [-0.4, -0.2) is 36.4 Å². The van der Waals surface area contributed by atoms with Gasteiger partial charge in [-0.2, -0.15) is 0 Å². The van der Waals surface area contributed by atoms with Crippen LogP contribution in [0.3, 0.4) is 0 Å². The molecule has 1 aliphatic rings. The van der Waals surface area contributed by atoms with Gasteiger partial charge in [0.2, 0.25) is 0 Å². The van der Waals surface area contributed by atoms with Crippen molar-refractivity contribution in [2.24, 2.45) is 5.73 Å². The van der Waals surface area contributed by atoms with Crippen LogP contribution in [0.5, 0.6) is 0 Å². The van der Waals surface area contributed by atoms with E-state index in [9.17, 15) is 4.79 Å². The fraction of sp³-hybridized carbons (Fsp3) is 0.500. The van der Waals surface area contributed by atoms with Gasteiger partial charge in [0.05, 0.1) is 6.54 Å². The summed E-state index contributed by atoms with van der Waals surface area (Å²) in [6.07, 6.45) is 1.00. The molecule has 1 heterocycles. The Morgan fingerprint density at radius 2 is 2.24 bits per heavy atom. The van der Waals surface area contributed by atoms with Gasteiger partial charge in [0.1, 0.15) is 0 Å². The van der Waals surface area contributed by atoms with E-state index in [0.29, 0.717) is 6.54 Å². The Morgan fingerprint density at radius 3 is 2.82 bits per heavy atom. The number of benzene rings is 1. The Morgan fingerprint density at radius 1 is 1.47 bits per heavy atom. The fourth-order valence-electron chi connectivity index (χ4n) is 2.42. The maximum atomic E-state index is 12.2. The first-order chi connectivity index (χ1) is 8.06. The van der Waals surface area contributed by atoms with Gasteiger partial charge in [-0.05, 0) is 25.8 Å². The summed E-state index contributed by atoms with van der Waals surface area (Å²) in [5, 5.41) is 0. The Hall–Kier alpha value is -1.19. The van der Waals surface area contributed by atoms with Crippen LogP contribution in [0, 0.1) is 13.8 Å². The molecule has 1 fully saturated rings. The summed E-state index contributed by atoms with van der Waals surface area (Å²) >= 11 is 0. The minimum Gasteiger partial charge on any atom is -0.326 e. The van der Waals surface area contributed by atoms with E-state index in [4.69, 9.17) is 5.73 Å². The number of nitrogens with zero attached hydrogens (tertiary/aromatic N) is 1. The summed E-state index contributed by atoms with van der Waals surface area (Å²) in [4.78, 5) is 14.3. The quantitative estimate of drug-likeness (QED) is 0.804. The molecule has 17 heavy (non-hydrogen) atoms. The number of hydrogen-bond donors (Lipinski definition) is 1. The second kappa shape index (κ2) is 4.98. The SMILES string of the molecule is Cc1ccc(C(=O)CN2CC[C@H](N)C2)c(C)c1. The maximum Gasteiger partial charge on any atom is 0.177 e. The van der Waals surface area contributed by atoms with Crippen molar-refractivity contribution in [1.29, 1.82) is 0 Å². The van der Waals surface area contributed by atoms with E-state index in [1.165, 1.54) is 5.56 Å². The molecule has 1 aromatic rings. The number of Topliss-reactive ketones (excluding diaryl/α,β-unsaturated/α-hetero) is 1. The number of hydrogen-bond acceptors (Lipinski definition) is 3. The third kappa shape index (κ3) is 2.93. The largest absolute Gasteiger partial charge is 0.326 e. The van der Waals surface area contributed by atoms with Crippen molar-refractivity contribution in [2.75, 3.05) is 19.6 Å². The maximum absolute atomic E-state index is 12.2. The van der Waals surface area contributed by atoms with Crippen molar-refractivity contribution < 1.29 is 4.79 Å². The topological polar surface area (TPSA) is 46.3 Å². The van der Waals surface area contributed by atoms with E-state index in [-0.39, 0.29) is 11.8 Å². The van der Waals surface area contributed by atoms with Crippen LogP contribution < -0.4 is 5.73 Å². The average molecular weight is 232 g/mol. The molecule has 3 heteroatoms. The van der Waals surface area contributed by atoms with Gasteiger partial charge in [0.15, 0.2) is 5.78 Å². The molecule has 1 saturated heterocycles. The summed E-state index contributed by atoms with van der Waals surface area (Å²) in [5.41, 5.74) is 8.94. The van der Waals surface area contributed by atoms with E-state index >= 15 is 0 Å². The highest BCUT2D eigenvalue weighted by Gasteiger charge is 2.21. The third-order valence-electron chi connectivity index (χ3n) is 3.36. The fourth-order valence-corrected chi connectivity index (χ4v) is 2.42. The van der Waals surface area contributed by atoms with E-state index in [2.05, 4.69) is 11.0 Å². The van der Waals surface area contributed by atoms with E-state index < -0.39 is 0 Å². The van der Waals surface area contributed by atoms with Crippen molar-refractivity contribution >= 4 is 5.78 Å². The zero-order chi connectivity index (χ0) is 12.4. The van der Waals surface area contributed by atoms with Crippen molar-refractivity contribution in [2.45, 2.75) is 26.3 Å². The second-order valence-electron chi connectivity index (χ2n) is 5.03. The molecule has 1 aliphatic heterocycles. The van der Waals surface area contributed by atoms with Crippen LogP contribution in [0.25, 0.3) is 0 Å². The monoisotopic (exact) mass is 232 g/mol. The normalized spacial score (nSPS) is 20.8. The summed E-state index contributed by atoms with van der Waals surface area (Å²) < 4.78 is 0. The molecule has 0 spiro atoms. The Labute approximate surface area is 103 Å². The van der Waals surface area contributed by atoms with Crippen LogP contribution in [0.15, 0.2) is 18.2 Å². The zero-order valence-corrected chi connectivity index (χ0v) is 10.6. The van der Waals surface area contributed by atoms with Crippen LogP contribution in [0.2, 0.25) is 0 Å². The van der Waals surface area contributed by atoms with Crippen molar-refractivity contribution in [3.8, 4) is 0 Å². The molecular formula is C14H20N2O. The summed E-state index contributed by atoms with van der Waals surface area (Å²) in [5.74, 6) is 0.205. The average Bonchev–Trinajstić information content (AvgIpc) is 2.63. The summed E-state index contributed by atoms with van der Waals surface area (Å²) in [6, 6.07) is 6.23. The lowest BCUT2D eigenvalue weighted by Crippen LogP contribution is -2.31. The number of likely N-dealkylation sites (tertiary alicyclic amines) is 1. The zero-order valence-electron chi connectivity index (χ0n) is 10.6. The number of carbonyl (C=O) groups is 1. The molecule has 0 aromatic heterocycles. The molecule has 0 saturated carbocycles. The van der Waals surface area contributed by atoms with Gasteiger partial charge >= 0.3 is 0 Å². The summed E-state index contributed by atoms with van der Waals surface area (Å²) in [6.45, 7) is 6.32. The van der Waals surface area contributed by atoms with Crippen molar-refractivity contribution in [3.63, 3.8) is 0 Å². The second-order valence-corrected chi connectivity index (χ2v) is 5.03. The van der Waals surface area contributed by atoms with E-state index in [0.717, 1.165) is 30.6 Å². The van der Waals surface area contributed by atoms with Gasteiger partial charge in [0, 0.05) is 24.7 Å². The predicted molar refractivity (Wildman–Crippen MR) is 69.3 cm³/mol. The molecule has 2 rings (SSSR count). The number of aryl methyl sites for hydroxylation is 2. The first-order valence-electron chi connectivity index (χ1n) is 6.14. The highest BCUT2D eigenvalue weighted by molar-refractivity contribution is 5.99. The molecule has 92 valence electrons. The molecule has 3 nitrogen and oxygen atoms in total. The predicted octanol–water partition coefficient (Wildman–Crippen LogP) is 1.52. The van der Waals surface area contributed by atoms with Gasteiger partial charge < -0.3 is 5.73 Å². The van der Waals surface area contributed by atoms with E-state index in [1.807, 2.05) is 26.0 Å². The van der Waals surface area contributed by atoms with Crippen LogP contribution in [-0.2, 0) is 0 Å². The summed E-state index contributed by atoms with van der Waals surface area (Å²) in [7, 11) is 0. The van der Waals surface area contributed by atoms with Gasteiger partial charge in [-0.3, -0.25) is 9.69 Å². The molecule has 1 aromatic carbocycles. The molecule has 0 radical (unpaired) electrons. The van der Waals surface area contributed by atoms with E-state index in [1.54, 1.807) is 0 Å². The first-order valence-corrected chi connectivity index (χ1v) is 6.14. The minimum atomic E-state index is 0.205. The van der Waals surface area contributed by atoms with Crippen LogP contribution >= 0.6 is 0 Å². The molecule has 0 bridgehead atoms. The standard InChI is InChI=1S/C14H20N2O/c1-10-3-4-13(11(2)7-10)14(17)9-16-6-5-12(15)8-16/h3-4,7,12H,5-6,8-9,15H2,1-2H3/t12-/m0/s1. The molecule has 1 atom stereocenters. The van der Waals surface area contributed by atoms with Gasteiger partial charge in [-0.1, -0.05) is 23.8 Å². The Kier molecular flexibility index (Phi) is 3.60. The number of carbonyl (C=O) groups excluding carboxylic acids is 1. The third-order valence-corrected chi connectivity index (χ3v) is 3.36. The van der Waals surface area contributed by atoms with Crippen molar-refractivity contribution in [1.82, 2.24) is 4.90 Å². The lowest BCUT2D eigenvalue weighted by atomic mass is 10.0. The highest BCUT2D eigenvalue weighted by Crippen LogP contribution is 2.13. The van der Waals surface area contributed by atoms with Crippen LogP contribution in [0.1, 0.15) is 27.9 Å². The highest BCUT2D eigenvalue weighted by atomic mass is 16.1. The molecule has 0 aliphatic carbocycles. The smallest absolute Gasteiger partial charge is 0.177 e. The van der Waals surface area contributed by atoms with Gasteiger partial charge in [-0.25, -0.2) is 0 Å². The lowest BCUT2D eigenvalue weighted by Gasteiger charge is -2.15. The molecule has 2 N–H and O–H groups in total. The Bertz CT molecular complexity index is 428.